The normalized spacial score (nSPS) is 11.9. The summed E-state index contributed by atoms with van der Waals surface area (Å²) >= 11 is 0. The summed E-state index contributed by atoms with van der Waals surface area (Å²) in [6.45, 7) is 1.77. The maximum Gasteiger partial charge on any atom is 0.337 e. The standard InChI is InChI=1S/C13H24O4/c1-3-4-5-6-7-8-9-10-11(2)12(14)17-13(15)16/h10,13,15-16H,3-9H2,1-2H3. The van der Waals surface area contributed by atoms with Crippen LogP contribution in [0, 0.1) is 0 Å². The quantitative estimate of drug-likeness (QED) is 0.283. The molecule has 0 aliphatic rings. The fourth-order valence-electron chi connectivity index (χ4n) is 1.52. The van der Waals surface area contributed by atoms with Crippen molar-refractivity contribution in [3.05, 3.63) is 11.6 Å². The van der Waals surface area contributed by atoms with E-state index in [2.05, 4.69) is 11.7 Å². The molecule has 0 rings (SSSR count). The number of unbranched alkanes of at least 4 members (excludes halogenated alkanes) is 6. The lowest BCUT2D eigenvalue weighted by Crippen LogP contribution is -2.17. The molecule has 0 radical (unpaired) electrons. The lowest BCUT2D eigenvalue weighted by Gasteiger charge is -2.05. The van der Waals surface area contributed by atoms with E-state index in [9.17, 15) is 4.79 Å². The molecule has 4 nitrogen and oxygen atoms in total. The van der Waals surface area contributed by atoms with Crippen LogP contribution >= 0.6 is 0 Å². The largest absolute Gasteiger partial charge is 0.407 e. The van der Waals surface area contributed by atoms with Gasteiger partial charge in [0.15, 0.2) is 0 Å². The van der Waals surface area contributed by atoms with Crippen molar-refractivity contribution in [2.45, 2.75) is 65.3 Å². The summed E-state index contributed by atoms with van der Waals surface area (Å²) in [7, 11) is 0. The summed E-state index contributed by atoms with van der Waals surface area (Å²) in [4.78, 5) is 11.1. The van der Waals surface area contributed by atoms with Crippen LogP contribution in [0.1, 0.15) is 58.8 Å². The Morgan fingerprint density at radius 3 is 2.35 bits per heavy atom. The van der Waals surface area contributed by atoms with Crippen molar-refractivity contribution in [1.29, 1.82) is 0 Å². The van der Waals surface area contributed by atoms with Gasteiger partial charge in [-0.2, -0.15) is 0 Å². The molecule has 0 saturated heterocycles. The zero-order valence-electron chi connectivity index (χ0n) is 10.8. The summed E-state index contributed by atoms with van der Waals surface area (Å²) in [5.74, 6) is -0.675. The Kier molecular flexibility index (Phi) is 9.77. The van der Waals surface area contributed by atoms with Crippen molar-refractivity contribution < 1.29 is 19.7 Å². The first-order chi connectivity index (χ1) is 8.07. The fourth-order valence-corrected chi connectivity index (χ4v) is 1.52. The van der Waals surface area contributed by atoms with Crippen LogP contribution in [0.2, 0.25) is 0 Å². The van der Waals surface area contributed by atoms with E-state index in [1.54, 1.807) is 13.0 Å². The number of esters is 1. The molecule has 0 aliphatic carbocycles. The monoisotopic (exact) mass is 244 g/mol. The van der Waals surface area contributed by atoms with Gasteiger partial charge in [-0.15, -0.1) is 0 Å². The summed E-state index contributed by atoms with van der Waals surface area (Å²) in [5.41, 5.74) is 0.423. The predicted molar refractivity (Wildman–Crippen MR) is 66.1 cm³/mol. The minimum Gasteiger partial charge on any atom is -0.407 e. The van der Waals surface area contributed by atoms with Crippen molar-refractivity contribution in [2.24, 2.45) is 0 Å². The van der Waals surface area contributed by atoms with E-state index < -0.39 is 12.4 Å². The number of hydrogen-bond acceptors (Lipinski definition) is 4. The lowest BCUT2D eigenvalue weighted by atomic mass is 10.1. The van der Waals surface area contributed by atoms with E-state index in [-0.39, 0.29) is 0 Å². The van der Waals surface area contributed by atoms with Gasteiger partial charge >= 0.3 is 12.4 Å². The van der Waals surface area contributed by atoms with Gasteiger partial charge in [-0.05, 0) is 19.8 Å². The third-order valence-electron chi connectivity index (χ3n) is 2.54. The van der Waals surface area contributed by atoms with Gasteiger partial charge < -0.3 is 14.9 Å². The van der Waals surface area contributed by atoms with Crippen LogP contribution in [0.3, 0.4) is 0 Å². The molecular formula is C13H24O4. The Morgan fingerprint density at radius 2 is 1.76 bits per heavy atom. The molecule has 0 spiro atoms. The first kappa shape index (κ1) is 16.1. The molecule has 0 aromatic rings. The van der Waals surface area contributed by atoms with Crippen LogP contribution in [0.15, 0.2) is 11.6 Å². The first-order valence-corrected chi connectivity index (χ1v) is 6.31. The van der Waals surface area contributed by atoms with E-state index >= 15 is 0 Å². The molecular weight excluding hydrogens is 220 g/mol. The van der Waals surface area contributed by atoms with Crippen molar-refractivity contribution >= 4 is 5.97 Å². The number of aliphatic hydroxyl groups is 2. The second-order valence-electron chi connectivity index (χ2n) is 4.18. The Bertz CT molecular complexity index is 234. The molecule has 17 heavy (non-hydrogen) atoms. The molecule has 2 N–H and O–H groups in total. The Balaban J connectivity index is 3.59. The number of carbonyl (C=O) groups is 1. The van der Waals surface area contributed by atoms with Crippen LogP contribution in [0.25, 0.3) is 0 Å². The van der Waals surface area contributed by atoms with E-state index in [0.29, 0.717) is 5.57 Å². The molecule has 0 bridgehead atoms. The Morgan fingerprint density at radius 1 is 1.18 bits per heavy atom. The second-order valence-corrected chi connectivity index (χ2v) is 4.18. The number of rotatable bonds is 9. The molecule has 0 saturated carbocycles. The summed E-state index contributed by atoms with van der Waals surface area (Å²) in [5, 5.41) is 16.9. The number of ether oxygens (including phenoxy) is 1. The molecule has 0 unspecified atom stereocenters. The van der Waals surface area contributed by atoms with Gasteiger partial charge in [0.05, 0.1) is 0 Å². The molecule has 0 amide bonds. The van der Waals surface area contributed by atoms with E-state index in [4.69, 9.17) is 10.2 Å². The van der Waals surface area contributed by atoms with Crippen LogP contribution in [-0.2, 0) is 9.53 Å². The van der Waals surface area contributed by atoms with Gasteiger partial charge in [0.1, 0.15) is 0 Å². The zero-order chi connectivity index (χ0) is 13.1. The van der Waals surface area contributed by atoms with Crippen molar-refractivity contribution in [2.75, 3.05) is 0 Å². The van der Waals surface area contributed by atoms with Crippen molar-refractivity contribution in [1.82, 2.24) is 0 Å². The van der Waals surface area contributed by atoms with E-state index in [1.807, 2.05) is 0 Å². The maximum atomic E-state index is 11.1. The van der Waals surface area contributed by atoms with E-state index in [1.165, 1.54) is 32.1 Å². The van der Waals surface area contributed by atoms with Crippen molar-refractivity contribution in [3.8, 4) is 0 Å². The van der Waals surface area contributed by atoms with Crippen LogP contribution < -0.4 is 0 Å². The zero-order valence-corrected chi connectivity index (χ0v) is 10.8. The number of hydrogen-bond donors (Lipinski definition) is 2. The Hall–Kier alpha value is -0.870. The molecule has 0 aromatic heterocycles. The van der Waals surface area contributed by atoms with Gasteiger partial charge in [-0.25, -0.2) is 4.79 Å². The molecule has 4 heteroatoms. The topological polar surface area (TPSA) is 66.8 Å². The lowest BCUT2D eigenvalue weighted by molar-refractivity contribution is -0.226. The minimum absolute atomic E-state index is 0.423. The maximum absolute atomic E-state index is 11.1. The average molecular weight is 244 g/mol. The van der Waals surface area contributed by atoms with Gasteiger partial charge in [-0.1, -0.05) is 45.1 Å². The van der Waals surface area contributed by atoms with Gasteiger partial charge in [0.25, 0.3) is 0 Å². The SMILES string of the molecule is CCCCCCCCC=C(C)C(=O)OC(O)O. The summed E-state index contributed by atoms with van der Waals surface area (Å²) in [6, 6.07) is 0. The molecule has 0 aromatic carbocycles. The summed E-state index contributed by atoms with van der Waals surface area (Å²) < 4.78 is 4.23. The second kappa shape index (κ2) is 10.3. The van der Waals surface area contributed by atoms with Crippen LogP contribution in [0.5, 0.6) is 0 Å². The molecule has 0 atom stereocenters. The predicted octanol–water partition coefficient (Wildman–Crippen LogP) is 2.49. The highest BCUT2D eigenvalue weighted by molar-refractivity contribution is 5.87. The third-order valence-corrected chi connectivity index (χ3v) is 2.54. The molecule has 100 valence electrons. The Labute approximate surface area is 103 Å². The third kappa shape index (κ3) is 10.0. The average Bonchev–Trinajstić information content (AvgIpc) is 2.26. The highest BCUT2D eigenvalue weighted by Crippen LogP contribution is 2.09. The first-order valence-electron chi connectivity index (χ1n) is 6.31. The van der Waals surface area contributed by atoms with Crippen LogP contribution in [0.4, 0.5) is 0 Å². The van der Waals surface area contributed by atoms with Gasteiger partial charge in [0, 0.05) is 5.57 Å². The van der Waals surface area contributed by atoms with Gasteiger partial charge in [0.2, 0.25) is 0 Å². The summed E-state index contributed by atoms with van der Waals surface area (Å²) in [6.07, 6.45) is 9.87. The smallest absolute Gasteiger partial charge is 0.337 e. The van der Waals surface area contributed by atoms with E-state index in [0.717, 1.165) is 12.8 Å². The molecule has 0 fully saturated rings. The number of aliphatic hydroxyl groups excluding tert-OH is 1. The van der Waals surface area contributed by atoms with Crippen molar-refractivity contribution in [3.63, 3.8) is 0 Å². The highest BCUT2D eigenvalue weighted by atomic mass is 16.7. The van der Waals surface area contributed by atoms with Gasteiger partial charge in [-0.3, -0.25) is 0 Å². The molecule has 0 aliphatic heterocycles. The minimum atomic E-state index is -2.03. The highest BCUT2D eigenvalue weighted by Gasteiger charge is 2.08. The number of carbonyl (C=O) groups excluding carboxylic acids is 1. The molecule has 0 heterocycles. The fraction of sp³-hybridized carbons (Fsp3) is 0.769. The van der Waals surface area contributed by atoms with Crippen LogP contribution in [-0.4, -0.2) is 22.7 Å². The number of allylic oxidation sites excluding steroid dienone is 1.